The van der Waals surface area contributed by atoms with E-state index < -0.39 is 0 Å². The smallest absolute Gasteiger partial charge is 0.193 e. The molecule has 0 unspecified atom stereocenters. The van der Waals surface area contributed by atoms with E-state index in [9.17, 15) is 0 Å². The zero-order valence-corrected chi connectivity index (χ0v) is 16.1. The van der Waals surface area contributed by atoms with Gasteiger partial charge in [0.25, 0.3) is 0 Å². The highest BCUT2D eigenvalue weighted by atomic mass is 127. The molecule has 1 aliphatic heterocycles. The highest BCUT2D eigenvalue weighted by molar-refractivity contribution is 14.0. The molecule has 1 aliphatic rings. The van der Waals surface area contributed by atoms with Gasteiger partial charge in [0.2, 0.25) is 0 Å². The summed E-state index contributed by atoms with van der Waals surface area (Å²) in [7, 11) is 2.11. The minimum Gasteiger partial charge on any atom is -0.381 e. The van der Waals surface area contributed by atoms with E-state index in [4.69, 9.17) is 9.47 Å². The molecular weight excluding hydrogens is 381 g/mol. The van der Waals surface area contributed by atoms with Crippen LogP contribution in [0.4, 0.5) is 0 Å². The van der Waals surface area contributed by atoms with Crippen molar-refractivity contribution in [3.8, 4) is 0 Å². The largest absolute Gasteiger partial charge is 0.381 e. The number of hydrogen-bond acceptors (Lipinski definition) is 3. The lowest BCUT2D eigenvalue weighted by Gasteiger charge is -2.26. The Morgan fingerprint density at radius 3 is 2.67 bits per heavy atom. The van der Waals surface area contributed by atoms with Crippen LogP contribution in [0.2, 0.25) is 0 Å². The molecule has 0 aliphatic carbocycles. The van der Waals surface area contributed by atoms with Crippen molar-refractivity contribution in [2.45, 2.75) is 33.1 Å². The Balaban J connectivity index is 0.00000400. The molecule has 0 saturated carbocycles. The molecule has 0 atom stereocenters. The number of rotatable bonds is 8. The minimum atomic E-state index is 0. The summed E-state index contributed by atoms with van der Waals surface area (Å²) in [6.07, 6.45) is 3.62. The summed E-state index contributed by atoms with van der Waals surface area (Å²) in [6, 6.07) is 0. The first-order chi connectivity index (χ1) is 9.77. The van der Waals surface area contributed by atoms with Gasteiger partial charge in [0.1, 0.15) is 0 Å². The van der Waals surface area contributed by atoms with Gasteiger partial charge in [-0.3, -0.25) is 4.99 Å². The van der Waals surface area contributed by atoms with Gasteiger partial charge in [0.15, 0.2) is 5.96 Å². The Bertz CT molecular complexity index is 272. The fourth-order valence-electron chi connectivity index (χ4n) is 2.35. The third-order valence-corrected chi connectivity index (χ3v) is 3.61. The van der Waals surface area contributed by atoms with Crippen LogP contribution >= 0.6 is 24.0 Å². The zero-order valence-electron chi connectivity index (χ0n) is 13.8. The SMILES string of the molecule is CCNC(=NCCOCC)N(C)CCC1CCOCC1.I. The molecule has 0 aromatic heterocycles. The van der Waals surface area contributed by atoms with E-state index in [1.54, 1.807) is 0 Å². The van der Waals surface area contributed by atoms with Crippen LogP contribution in [0.3, 0.4) is 0 Å². The van der Waals surface area contributed by atoms with E-state index in [1.807, 2.05) is 6.92 Å². The van der Waals surface area contributed by atoms with Gasteiger partial charge in [-0.1, -0.05) is 0 Å². The molecule has 1 saturated heterocycles. The predicted octanol–water partition coefficient (Wildman–Crippen LogP) is 2.35. The third-order valence-electron chi connectivity index (χ3n) is 3.61. The van der Waals surface area contributed by atoms with Crippen molar-refractivity contribution in [1.29, 1.82) is 0 Å². The van der Waals surface area contributed by atoms with Gasteiger partial charge in [-0.15, -0.1) is 24.0 Å². The summed E-state index contributed by atoms with van der Waals surface area (Å²) < 4.78 is 10.7. The second-order valence-corrected chi connectivity index (χ2v) is 5.20. The van der Waals surface area contributed by atoms with Crippen molar-refractivity contribution >= 4 is 29.9 Å². The molecule has 1 heterocycles. The highest BCUT2D eigenvalue weighted by Gasteiger charge is 2.15. The topological polar surface area (TPSA) is 46.1 Å². The second-order valence-electron chi connectivity index (χ2n) is 5.20. The zero-order chi connectivity index (χ0) is 14.6. The first kappa shape index (κ1) is 20.9. The predicted molar refractivity (Wildman–Crippen MR) is 98.7 cm³/mol. The standard InChI is InChI=1S/C15H31N3O2.HI/c1-4-16-15(17-9-13-19-5-2)18(3)10-6-14-7-11-20-12-8-14;/h14H,4-13H2,1-3H3,(H,16,17);1H. The van der Waals surface area contributed by atoms with Crippen LogP contribution in [0, 0.1) is 5.92 Å². The molecule has 0 spiro atoms. The first-order valence-corrected chi connectivity index (χ1v) is 7.92. The molecule has 0 amide bonds. The van der Waals surface area contributed by atoms with E-state index in [0.29, 0.717) is 6.61 Å². The Morgan fingerprint density at radius 1 is 1.33 bits per heavy atom. The summed E-state index contributed by atoms with van der Waals surface area (Å²) in [5.41, 5.74) is 0. The average Bonchev–Trinajstić information content (AvgIpc) is 2.49. The fraction of sp³-hybridized carbons (Fsp3) is 0.933. The summed E-state index contributed by atoms with van der Waals surface area (Å²) in [5.74, 6) is 1.79. The summed E-state index contributed by atoms with van der Waals surface area (Å²) >= 11 is 0. The van der Waals surface area contributed by atoms with E-state index in [-0.39, 0.29) is 24.0 Å². The molecular formula is C15H32IN3O2. The van der Waals surface area contributed by atoms with E-state index >= 15 is 0 Å². The van der Waals surface area contributed by atoms with Crippen LogP contribution in [0.5, 0.6) is 0 Å². The Kier molecular flexibility index (Phi) is 13.5. The molecule has 1 N–H and O–H groups in total. The number of nitrogens with zero attached hydrogens (tertiary/aromatic N) is 2. The monoisotopic (exact) mass is 413 g/mol. The van der Waals surface area contributed by atoms with E-state index in [0.717, 1.165) is 51.3 Å². The van der Waals surface area contributed by atoms with Gasteiger partial charge in [0.05, 0.1) is 13.2 Å². The van der Waals surface area contributed by atoms with Crippen molar-refractivity contribution in [3.05, 3.63) is 0 Å². The molecule has 1 rings (SSSR count). The quantitative estimate of drug-likeness (QED) is 0.287. The van der Waals surface area contributed by atoms with Crippen LogP contribution in [0.25, 0.3) is 0 Å². The molecule has 21 heavy (non-hydrogen) atoms. The number of ether oxygens (including phenoxy) is 2. The van der Waals surface area contributed by atoms with Gasteiger partial charge in [-0.05, 0) is 39.0 Å². The van der Waals surface area contributed by atoms with Gasteiger partial charge in [-0.2, -0.15) is 0 Å². The molecule has 5 nitrogen and oxygen atoms in total. The number of hydrogen-bond donors (Lipinski definition) is 1. The second kappa shape index (κ2) is 13.6. The maximum absolute atomic E-state index is 5.41. The molecule has 6 heteroatoms. The Morgan fingerprint density at radius 2 is 2.05 bits per heavy atom. The Labute approximate surface area is 146 Å². The number of nitrogens with one attached hydrogen (secondary N) is 1. The minimum absolute atomic E-state index is 0. The summed E-state index contributed by atoms with van der Waals surface area (Å²) in [5, 5.41) is 3.34. The highest BCUT2D eigenvalue weighted by Crippen LogP contribution is 2.18. The third kappa shape index (κ3) is 9.52. The fourth-order valence-corrected chi connectivity index (χ4v) is 2.35. The van der Waals surface area contributed by atoms with Gasteiger partial charge in [-0.25, -0.2) is 0 Å². The van der Waals surface area contributed by atoms with E-state index in [2.05, 4.69) is 29.2 Å². The molecule has 0 radical (unpaired) electrons. The van der Waals surface area contributed by atoms with Crippen molar-refractivity contribution < 1.29 is 9.47 Å². The molecule has 0 aromatic rings. The van der Waals surface area contributed by atoms with Crippen molar-refractivity contribution in [3.63, 3.8) is 0 Å². The maximum atomic E-state index is 5.41. The lowest BCUT2D eigenvalue weighted by Crippen LogP contribution is -2.40. The van der Waals surface area contributed by atoms with Crippen molar-refractivity contribution in [1.82, 2.24) is 10.2 Å². The van der Waals surface area contributed by atoms with Gasteiger partial charge < -0.3 is 19.7 Å². The molecule has 1 fully saturated rings. The summed E-state index contributed by atoms with van der Waals surface area (Å²) in [4.78, 5) is 6.82. The average molecular weight is 413 g/mol. The van der Waals surface area contributed by atoms with Gasteiger partial charge in [0, 0.05) is 40.0 Å². The number of halogens is 1. The van der Waals surface area contributed by atoms with Crippen molar-refractivity contribution in [2.24, 2.45) is 10.9 Å². The van der Waals surface area contributed by atoms with Crippen LogP contribution in [-0.4, -0.2) is 64.0 Å². The van der Waals surface area contributed by atoms with Crippen LogP contribution in [0.15, 0.2) is 4.99 Å². The number of guanidine groups is 1. The van der Waals surface area contributed by atoms with Crippen LogP contribution in [-0.2, 0) is 9.47 Å². The Hall–Kier alpha value is -0.0800. The van der Waals surface area contributed by atoms with Gasteiger partial charge >= 0.3 is 0 Å². The van der Waals surface area contributed by atoms with Crippen LogP contribution < -0.4 is 5.32 Å². The lowest BCUT2D eigenvalue weighted by molar-refractivity contribution is 0.0625. The van der Waals surface area contributed by atoms with E-state index in [1.165, 1.54) is 19.3 Å². The molecule has 0 aromatic carbocycles. The normalized spacial score (nSPS) is 16.4. The lowest BCUT2D eigenvalue weighted by atomic mass is 9.96. The number of aliphatic imine (C=N–C) groups is 1. The van der Waals surface area contributed by atoms with Crippen molar-refractivity contribution in [2.75, 3.05) is 53.1 Å². The van der Waals surface area contributed by atoms with Crippen LogP contribution in [0.1, 0.15) is 33.1 Å². The molecule has 126 valence electrons. The molecule has 0 bridgehead atoms. The summed E-state index contributed by atoms with van der Waals surface area (Å²) in [6.45, 7) is 10.1. The maximum Gasteiger partial charge on any atom is 0.193 e. The first-order valence-electron chi connectivity index (χ1n) is 7.92.